The molecular weight excluding hydrogens is 357 g/mol. The molecule has 26 heavy (non-hydrogen) atoms. The van der Waals surface area contributed by atoms with Crippen molar-refractivity contribution in [2.45, 2.75) is 31.9 Å². The number of pyridine rings is 1. The second kappa shape index (κ2) is 5.93. The molecule has 1 N–H and O–H groups in total. The van der Waals surface area contributed by atoms with E-state index in [2.05, 4.69) is 5.10 Å². The second-order valence-electron chi connectivity index (χ2n) is 6.81. The van der Waals surface area contributed by atoms with E-state index in [0.717, 1.165) is 12.8 Å². The highest BCUT2D eigenvalue weighted by atomic mass is 35.5. The van der Waals surface area contributed by atoms with E-state index < -0.39 is 11.4 Å². The van der Waals surface area contributed by atoms with Crippen molar-refractivity contribution in [3.05, 3.63) is 62.9 Å². The molecule has 7 heteroatoms. The average Bonchev–Trinajstić information content (AvgIpc) is 3.41. The summed E-state index contributed by atoms with van der Waals surface area (Å²) in [5, 5.41) is 16.7. The molecule has 5 nitrogen and oxygen atoms in total. The summed E-state index contributed by atoms with van der Waals surface area (Å²) >= 11 is 5.97. The molecule has 0 saturated heterocycles. The van der Waals surface area contributed by atoms with Crippen LogP contribution in [0.2, 0.25) is 5.02 Å². The van der Waals surface area contributed by atoms with Crippen molar-refractivity contribution in [2.75, 3.05) is 0 Å². The molecule has 2 aromatic heterocycles. The lowest BCUT2D eigenvalue weighted by atomic mass is 9.84. The monoisotopic (exact) mass is 375 g/mol. The number of halogens is 2. The molecule has 0 bridgehead atoms. The fourth-order valence-corrected chi connectivity index (χ4v) is 3.91. The molecule has 0 amide bonds. The zero-order valence-corrected chi connectivity index (χ0v) is 15.3. The van der Waals surface area contributed by atoms with Crippen molar-refractivity contribution in [1.29, 1.82) is 0 Å². The number of aryl methyl sites for hydroxylation is 2. The van der Waals surface area contributed by atoms with Gasteiger partial charge in [0.25, 0.3) is 5.56 Å². The Morgan fingerprint density at radius 3 is 2.73 bits per heavy atom. The van der Waals surface area contributed by atoms with Crippen LogP contribution >= 0.6 is 11.6 Å². The predicted octanol–water partition coefficient (Wildman–Crippen LogP) is 3.19. The van der Waals surface area contributed by atoms with Gasteiger partial charge in [-0.05, 0) is 49.4 Å². The lowest BCUT2D eigenvalue weighted by Crippen LogP contribution is -2.33. The minimum atomic E-state index is -1.38. The van der Waals surface area contributed by atoms with Crippen LogP contribution in [-0.2, 0) is 19.2 Å². The molecule has 1 aromatic carbocycles. The molecule has 1 atom stereocenters. The van der Waals surface area contributed by atoms with Gasteiger partial charge in [-0.25, -0.2) is 4.39 Å². The van der Waals surface area contributed by atoms with Gasteiger partial charge in [-0.3, -0.25) is 9.48 Å². The quantitative estimate of drug-likeness (QED) is 0.761. The third-order valence-corrected chi connectivity index (χ3v) is 5.49. The van der Waals surface area contributed by atoms with Crippen molar-refractivity contribution in [2.24, 2.45) is 13.0 Å². The molecule has 0 aliphatic heterocycles. The predicted molar refractivity (Wildman–Crippen MR) is 97.8 cm³/mol. The zero-order valence-electron chi connectivity index (χ0n) is 14.5. The van der Waals surface area contributed by atoms with Crippen LogP contribution in [-0.4, -0.2) is 19.5 Å². The van der Waals surface area contributed by atoms with E-state index in [1.807, 2.05) is 6.92 Å². The fraction of sp³-hybridized carbons (Fsp3) is 0.368. The minimum Gasteiger partial charge on any atom is -0.378 e. The summed E-state index contributed by atoms with van der Waals surface area (Å²) in [4.78, 5) is 12.6. The summed E-state index contributed by atoms with van der Waals surface area (Å²) in [6, 6.07) is 6.07. The van der Waals surface area contributed by atoms with Crippen LogP contribution < -0.4 is 5.56 Å². The lowest BCUT2D eigenvalue weighted by molar-refractivity contribution is 0.0494. The Morgan fingerprint density at radius 1 is 1.38 bits per heavy atom. The number of hydrogen-bond donors (Lipinski definition) is 1. The molecule has 1 aliphatic rings. The standard InChI is InChI=1S/C19H19ClFN3O2/c1-3-24-9-8-13-16(18(24)25)22-23(2)17(13)19(26,11-4-5-11)12-6-7-15(21)14(20)10-12/h6-11,26H,3-5H2,1-2H3/t19-/m0/s1. The van der Waals surface area contributed by atoms with Gasteiger partial charge >= 0.3 is 0 Å². The lowest BCUT2D eigenvalue weighted by Gasteiger charge is -2.30. The number of benzene rings is 1. The Morgan fingerprint density at radius 2 is 2.12 bits per heavy atom. The number of aliphatic hydroxyl groups is 1. The van der Waals surface area contributed by atoms with Gasteiger partial charge in [-0.2, -0.15) is 5.10 Å². The highest BCUT2D eigenvalue weighted by Gasteiger charge is 2.49. The first-order chi connectivity index (χ1) is 12.4. The first-order valence-corrected chi connectivity index (χ1v) is 9.00. The van der Waals surface area contributed by atoms with Crippen LogP contribution in [0, 0.1) is 11.7 Å². The van der Waals surface area contributed by atoms with E-state index in [1.165, 1.54) is 12.1 Å². The average molecular weight is 376 g/mol. The van der Waals surface area contributed by atoms with E-state index in [9.17, 15) is 14.3 Å². The summed E-state index contributed by atoms with van der Waals surface area (Å²) in [5.41, 5.74) is -0.207. The maximum absolute atomic E-state index is 13.6. The smallest absolute Gasteiger partial charge is 0.278 e. The summed E-state index contributed by atoms with van der Waals surface area (Å²) in [6.07, 6.45) is 3.38. The van der Waals surface area contributed by atoms with Gasteiger partial charge in [0.2, 0.25) is 0 Å². The first-order valence-electron chi connectivity index (χ1n) is 8.62. The number of hydrogen-bond acceptors (Lipinski definition) is 3. The van der Waals surface area contributed by atoms with Crippen LogP contribution in [0.3, 0.4) is 0 Å². The largest absolute Gasteiger partial charge is 0.378 e. The van der Waals surface area contributed by atoms with Crippen LogP contribution in [0.5, 0.6) is 0 Å². The van der Waals surface area contributed by atoms with E-state index in [1.54, 1.807) is 34.6 Å². The zero-order chi connectivity index (χ0) is 18.6. The van der Waals surface area contributed by atoms with Crippen LogP contribution in [0.1, 0.15) is 31.0 Å². The molecule has 1 saturated carbocycles. The molecule has 3 aromatic rings. The maximum atomic E-state index is 13.6. The molecule has 0 unspecified atom stereocenters. The Hall–Kier alpha value is -2.18. The summed E-state index contributed by atoms with van der Waals surface area (Å²) in [7, 11) is 1.71. The van der Waals surface area contributed by atoms with Gasteiger partial charge in [-0.15, -0.1) is 0 Å². The van der Waals surface area contributed by atoms with Crippen molar-refractivity contribution in [3.8, 4) is 0 Å². The molecule has 1 aliphatic carbocycles. The minimum absolute atomic E-state index is 0.0313. The molecule has 0 radical (unpaired) electrons. The Labute approximate surface area is 154 Å². The third-order valence-electron chi connectivity index (χ3n) is 5.20. The molecular formula is C19H19ClFN3O2. The molecule has 4 rings (SSSR count). The van der Waals surface area contributed by atoms with Crippen molar-refractivity contribution in [3.63, 3.8) is 0 Å². The van der Waals surface area contributed by atoms with Gasteiger partial charge < -0.3 is 9.67 Å². The Kier molecular flexibility index (Phi) is 3.93. The fourth-order valence-electron chi connectivity index (χ4n) is 3.73. The summed E-state index contributed by atoms with van der Waals surface area (Å²) < 4.78 is 16.8. The third kappa shape index (κ3) is 2.40. The number of nitrogens with zero attached hydrogens (tertiary/aromatic N) is 3. The molecule has 136 valence electrons. The molecule has 0 spiro atoms. The van der Waals surface area contributed by atoms with Gasteiger partial charge in [0.1, 0.15) is 11.4 Å². The normalized spacial score (nSPS) is 16.8. The Balaban J connectivity index is 2.01. The van der Waals surface area contributed by atoms with Gasteiger partial charge in [-0.1, -0.05) is 17.7 Å². The highest BCUT2D eigenvalue weighted by Crippen LogP contribution is 2.51. The summed E-state index contributed by atoms with van der Waals surface area (Å²) in [6.45, 7) is 2.43. The number of aromatic nitrogens is 3. The second-order valence-corrected chi connectivity index (χ2v) is 7.22. The molecule has 1 fully saturated rings. The van der Waals surface area contributed by atoms with Crippen LogP contribution in [0.25, 0.3) is 10.9 Å². The van der Waals surface area contributed by atoms with E-state index in [4.69, 9.17) is 11.6 Å². The van der Waals surface area contributed by atoms with Gasteiger partial charge in [0.05, 0.1) is 10.7 Å². The van der Waals surface area contributed by atoms with Gasteiger partial charge in [0, 0.05) is 25.2 Å². The SMILES string of the molecule is CCn1ccc2c([C@@](O)(c3ccc(F)c(Cl)c3)C3CC3)n(C)nc2c1=O. The number of rotatable bonds is 4. The van der Waals surface area contributed by atoms with Gasteiger partial charge in [0.15, 0.2) is 5.52 Å². The van der Waals surface area contributed by atoms with E-state index in [-0.39, 0.29) is 16.5 Å². The maximum Gasteiger partial charge on any atom is 0.278 e. The highest BCUT2D eigenvalue weighted by molar-refractivity contribution is 6.30. The van der Waals surface area contributed by atoms with Crippen LogP contribution in [0.15, 0.2) is 35.3 Å². The van der Waals surface area contributed by atoms with Crippen molar-refractivity contribution >= 4 is 22.5 Å². The topological polar surface area (TPSA) is 60.1 Å². The first kappa shape index (κ1) is 17.2. The van der Waals surface area contributed by atoms with Crippen LogP contribution in [0.4, 0.5) is 4.39 Å². The van der Waals surface area contributed by atoms with E-state index >= 15 is 0 Å². The van der Waals surface area contributed by atoms with Crippen molar-refractivity contribution in [1.82, 2.24) is 14.3 Å². The number of fused-ring (bicyclic) bond motifs is 1. The molecule has 2 heterocycles. The van der Waals surface area contributed by atoms with Crippen molar-refractivity contribution < 1.29 is 9.50 Å². The summed E-state index contributed by atoms with van der Waals surface area (Å²) in [5.74, 6) is -0.564. The van der Waals surface area contributed by atoms with E-state index in [0.29, 0.717) is 28.7 Å². The Bertz CT molecular complexity index is 1070.